The molecular formula is C19H19BrFN3O3. The van der Waals surface area contributed by atoms with Crippen LogP contribution >= 0.6 is 15.9 Å². The number of nitrogens with zero attached hydrogens (tertiary/aromatic N) is 1. The van der Waals surface area contributed by atoms with Gasteiger partial charge in [-0.2, -0.15) is 0 Å². The molecule has 2 aromatic carbocycles. The SMILES string of the molecule is NC(=O)[C@@H]1CN(C(=O)N[C@@H](c2ccccc2)c2ccc(Br)cc2F)CCO1. The molecule has 1 aliphatic rings. The molecule has 3 amide bonds. The lowest BCUT2D eigenvalue weighted by Crippen LogP contribution is -2.53. The van der Waals surface area contributed by atoms with Gasteiger partial charge in [0.15, 0.2) is 6.10 Å². The summed E-state index contributed by atoms with van der Waals surface area (Å²) in [6.07, 6.45) is -0.843. The van der Waals surface area contributed by atoms with Gasteiger partial charge in [0.25, 0.3) is 0 Å². The Bertz CT molecular complexity index is 834. The van der Waals surface area contributed by atoms with Gasteiger partial charge in [0, 0.05) is 16.6 Å². The van der Waals surface area contributed by atoms with Gasteiger partial charge in [-0.1, -0.05) is 52.3 Å². The predicted molar refractivity (Wildman–Crippen MR) is 101 cm³/mol. The summed E-state index contributed by atoms with van der Waals surface area (Å²) < 4.78 is 20.4. The Morgan fingerprint density at radius 1 is 1.26 bits per heavy atom. The van der Waals surface area contributed by atoms with Gasteiger partial charge in [0.1, 0.15) is 5.82 Å². The van der Waals surface area contributed by atoms with Gasteiger partial charge < -0.3 is 20.7 Å². The molecule has 1 fully saturated rings. The first-order valence-corrected chi connectivity index (χ1v) is 9.21. The highest BCUT2D eigenvalue weighted by Gasteiger charge is 2.30. The first kappa shape index (κ1) is 19.3. The highest BCUT2D eigenvalue weighted by atomic mass is 79.9. The van der Waals surface area contributed by atoms with Gasteiger partial charge in [0.05, 0.1) is 19.2 Å². The van der Waals surface area contributed by atoms with Crippen LogP contribution in [0.5, 0.6) is 0 Å². The van der Waals surface area contributed by atoms with E-state index in [2.05, 4.69) is 21.2 Å². The topological polar surface area (TPSA) is 84.7 Å². The van der Waals surface area contributed by atoms with E-state index in [1.165, 1.54) is 11.0 Å². The van der Waals surface area contributed by atoms with E-state index in [9.17, 15) is 14.0 Å². The number of morpholine rings is 1. The van der Waals surface area contributed by atoms with E-state index >= 15 is 0 Å². The molecule has 3 N–H and O–H groups in total. The van der Waals surface area contributed by atoms with Crippen molar-refractivity contribution in [1.82, 2.24) is 10.2 Å². The normalized spacial score (nSPS) is 18.0. The van der Waals surface area contributed by atoms with Crippen molar-refractivity contribution in [1.29, 1.82) is 0 Å². The minimum atomic E-state index is -0.843. The van der Waals surface area contributed by atoms with Gasteiger partial charge in [-0.3, -0.25) is 4.79 Å². The maximum Gasteiger partial charge on any atom is 0.318 e. The molecule has 0 aromatic heterocycles. The molecule has 0 aliphatic carbocycles. The lowest BCUT2D eigenvalue weighted by molar-refractivity contribution is -0.133. The van der Waals surface area contributed by atoms with Crippen LogP contribution < -0.4 is 11.1 Å². The van der Waals surface area contributed by atoms with E-state index in [0.717, 1.165) is 5.56 Å². The summed E-state index contributed by atoms with van der Waals surface area (Å²) in [6, 6.07) is 12.7. The van der Waals surface area contributed by atoms with Crippen LogP contribution in [0.15, 0.2) is 53.0 Å². The van der Waals surface area contributed by atoms with Crippen molar-refractivity contribution in [2.45, 2.75) is 12.1 Å². The van der Waals surface area contributed by atoms with Crippen LogP contribution in [0, 0.1) is 5.82 Å². The van der Waals surface area contributed by atoms with Gasteiger partial charge in [-0.05, 0) is 17.7 Å². The Morgan fingerprint density at radius 3 is 2.67 bits per heavy atom. The maximum absolute atomic E-state index is 14.6. The van der Waals surface area contributed by atoms with Crippen molar-refractivity contribution in [3.8, 4) is 0 Å². The number of hydrogen-bond acceptors (Lipinski definition) is 3. The smallest absolute Gasteiger partial charge is 0.318 e. The van der Waals surface area contributed by atoms with Crippen LogP contribution in [-0.4, -0.2) is 42.6 Å². The Kier molecular flexibility index (Phi) is 6.08. The van der Waals surface area contributed by atoms with Gasteiger partial charge in [-0.15, -0.1) is 0 Å². The monoisotopic (exact) mass is 435 g/mol. The van der Waals surface area contributed by atoms with E-state index < -0.39 is 29.9 Å². The zero-order valence-electron chi connectivity index (χ0n) is 14.4. The fourth-order valence-corrected chi connectivity index (χ4v) is 3.28. The number of primary amides is 1. The van der Waals surface area contributed by atoms with Crippen LogP contribution in [0.4, 0.5) is 9.18 Å². The molecule has 142 valence electrons. The zero-order chi connectivity index (χ0) is 19.4. The first-order valence-electron chi connectivity index (χ1n) is 8.42. The van der Waals surface area contributed by atoms with Gasteiger partial charge in [0.2, 0.25) is 5.91 Å². The number of urea groups is 1. The average Bonchev–Trinajstić information content (AvgIpc) is 2.67. The number of hydrogen-bond donors (Lipinski definition) is 2. The fraction of sp³-hybridized carbons (Fsp3) is 0.263. The second-order valence-electron chi connectivity index (χ2n) is 6.17. The van der Waals surface area contributed by atoms with Crippen LogP contribution in [0.1, 0.15) is 17.2 Å². The minimum Gasteiger partial charge on any atom is -0.367 e. The molecule has 0 saturated carbocycles. The van der Waals surface area contributed by atoms with E-state index in [0.29, 0.717) is 16.6 Å². The summed E-state index contributed by atoms with van der Waals surface area (Å²) in [5.41, 5.74) is 6.36. The largest absolute Gasteiger partial charge is 0.367 e. The zero-order valence-corrected chi connectivity index (χ0v) is 16.0. The summed E-state index contributed by atoms with van der Waals surface area (Å²) in [5, 5.41) is 2.86. The number of carbonyl (C=O) groups is 2. The van der Waals surface area contributed by atoms with Crippen LogP contribution in [0.3, 0.4) is 0 Å². The van der Waals surface area contributed by atoms with E-state index in [4.69, 9.17) is 10.5 Å². The second-order valence-corrected chi connectivity index (χ2v) is 7.08. The lowest BCUT2D eigenvalue weighted by atomic mass is 9.98. The van der Waals surface area contributed by atoms with E-state index in [1.54, 1.807) is 12.1 Å². The minimum absolute atomic E-state index is 0.0610. The van der Waals surface area contributed by atoms with Gasteiger partial charge >= 0.3 is 6.03 Å². The lowest BCUT2D eigenvalue weighted by Gasteiger charge is -2.33. The third-order valence-electron chi connectivity index (χ3n) is 4.35. The standard InChI is InChI=1S/C19H19BrFN3O3/c20-13-6-7-14(15(21)10-13)17(12-4-2-1-3-5-12)23-19(26)24-8-9-27-16(11-24)18(22)25/h1-7,10,16-17H,8-9,11H2,(H2,22,25)(H,23,26)/t16-,17-/m0/s1. The van der Waals surface area contributed by atoms with Crippen molar-refractivity contribution in [3.63, 3.8) is 0 Å². The van der Waals surface area contributed by atoms with Crippen molar-refractivity contribution in [2.24, 2.45) is 5.73 Å². The summed E-state index contributed by atoms with van der Waals surface area (Å²) in [5.74, 6) is -1.05. The van der Waals surface area contributed by atoms with Crippen molar-refractivity contribution in [3.05, 3.63) is 69.9 Å². The number of rotatable bonds is 4. The molecule has 27 heavy (non-hydrogen) atoms. The van der Waals surface area contributed by atoms with Crippen molar-refractivity contribution in [2.75, 3.05) is 19.7 Å². The fourth-order valence-electron chi connectivity index (χ4n) is 2.94. The number of ether oxygens (including phenoxy) is 1. The molecule has 1 aliphatic heterocycles. The molecule has 2 aromatic rings. The summed E-state index contributed by atoms with van der Waals surface area (Å²) in [7, 11) is 0. The summed E-state index contributed by atoms with van der Waals surface area (Å²) in [4.78, 5) is 25.6. The number of carbonyl (C=O) groups excluding carboxylic acids is 2. The van der Waals surface area contributed by atoms with Crippen molar-refractivity contribution >= 4 is 27.9 Å². The number of nitrogens with one attached hydrogen (secondary N) is 1. The van der Waals surface area contributed by atoms with E-state index in [-0.39, 0.29) is 13.2 Å². The maximum atomic E-state index is 14.6. The third kappa shape index (κ3) is 4.64. The quantitative estimate of drug-likeness (QED) is 0.773. The highest BCUT2D eigenvalue weighted by molar-refractivity contribution is 9.10. The Labute approximate surface area is 164 Å². The number of halogens is 2. The first-order chi connectivity index (χ1) is 13.0. The highest BCUT2D eigenvalue weighted by Crippen LogP contribution is 2.27. The Balaban J connectivity index is 1.85. The third-order valence-corrected chi connectivity index (χ3v) is 4.84. The molecule has 0 bridgehead atoms. The summed E-state index contributed by atoms with van der Waals surface area (Å²) in [6.45, 7) is 0.592. The summed E-state index contributed by atoms with van der Waals surface area (Å²) >= 11 is 3.24. The molecular weight excluding hydrogens is 417 g/mol. The molecule has 0 radical (unpaired) electrons. The van der Waals surface area contributed by atoms with Gasteiger partial charge in [-0.25, -0.2) is 9.18 Å². The number of amides is 3. The predicted octanol–water partition coefficient (Wildman–Crippen LogP) is 2.57. The number of benzene rings is 2. The molecule has 6 nitrogen and oxygen atoms in total. The molecule has 0 spiro atoms. The molecule has 8 heteroatoms. The molecule has 3 rings (SSSR count). The van der Waals surface area contributed by atoms with Crippen LogP contribution in [0.25, 0.3) is 0 Å². The molecule has 0 unspecified atom stereocenters. The Hall–Kier alpha value is -2.45. The molecule has 1 saturated heterocycles. The molecule has 1 heterocycles. The van der Waals surface area contributed by atoms with Crippen molar-refractivity contribution < 1.29 is 18.7 Å². The van der Waals surface area contributed by atoms with Crippen LogP contribution in [0.2, 0.25) is 0 Å². The average molecular weight is 436 g/mol. The Morgan fingerprint density at radius 2 is 2.00 bits per heavy atom. The van der Waals surface area contributed by atoms with Crippen LogP contribution in [-0.2, 0) is 9.53 Å². The number of nitrogens with two attached hydrogens (primary N) is 1. The second kappa shape index (κ2) is 8.49. The molecule has 2 atom stereocenters. The van der Waals surface area contributed by atoms with E-state index in [1.807, 2.05) is 30.3 Å².